The Morgan fingerprint density at radius 1 is 1.27 bits per heavy atom. The van der Waals surface area contributed by atoms with Gasteiger partial charge in [-0.3, -0.25) is 4.79 Å². The average Bonchev–Trinajstić information content (AvgIpc) is 3.31. The van der Waals surface area contributed by atoms with Crippen molar-refractivity contribution in [2.24, 2.45) is 0 Å². The molecule has 4 aromatic rings. The molecule has 0 bridgehead atoms. The summed E-state index contributed by atoms with van der Waals surface area (Å²) in [6.07, 6.45) is 7.50. The summed E-state index contributed by atoms with van der Waals surface area (Å²) in [5.74, 6) is -0.185. The van der Waals surface area contributed by atoms with Gasteiger partial charge in [-0.2, -0.15) is 0 Å². The van der Waals surface area contributed by atoms with Gasteiger partial charge in [0, 0.05) is 12.1 Å². The van der Waals surface area contributed by atoms with Gasteiger partial charge in [-0.05, 0) is 55.5 Å². The van der Waals surface area contributed by atoms with Crippen molar-refractivity contribution in [1.29, 1.82) is 0 Å². The Bertz CT molecular complexity index is 1340. The molecule has 0 spiro atoms. The van der Waals surface area contributed by atoms with Gasteiger partial charge in [0.15, 0.2) is 0 Å². The van der Waals surface area contributed by atoms with E-state index in [1.54, 1.807) is 24.5 Å². The zero-order valence-corrected chi connectivity index (χ0v) is 18.7. The lowest BCUT2D eigenvalue weighted by Gasteiger charge is -2.12. The van der Waals surface area contributed by atoms with Crippen molar-refractivity contribution >= 4 is 11.7 Å². The number of carbonyl (C=O) groups excluding carboxylic acids is 1. The van der Waals surface area contributed by atoms with Gasteiger partial charge in [0.1, 0.15) is 17.9 Å². The van der Waals surface area contributed by atoms with Crippen molar-refractivity contribution in [1.82, 2.24) is 19.7 Å². The van der Waals surface area contributed by atoms with Crippen LogP contribution in [0.1, 0.15) is 65.8 Å². The Hall–Kier alpha value is -3.81. The van der Waals surface area contributed by atoms with Crippen LogP contribution >= 0.6 is 0 Å². The summed E-state index contributed by atoms with van der Waals surface area (Å²) in [5, 5.41) is 6.76. The second-order valence-corrected chi connectivity index (χ2v) is 8.73. The highest BCUT2D eigenvalue weighted by Gasteiger charge is 2.26. The van der Waals surface area contributed by atoms with Gasteiger partial charge >= 0.3 is 0 Å². The van der Waals surface area contributed by atoms with E-state index in [4.69, 9.17) is 4.52 Å². The molecule has 3 aromatic heterocycles. The smallest absolute Gasteiger partial charge is 0.259 e. The number of benzene rings is 1. The lowest BCUT2D eigenvalue weighted by molar-refractivity contribution is 0.102. The monoisotopic (exact) mass is 445 g/mol. The molecule has 1 aromatic carbocycles. The molecular formula is C25H24FN5O2. The third-order valence-electron chi connectivity index (χ3n) is 5.82. The number of aromatic nitrogens is 4. The van der Waals surface area contributed by atoms with Crippen molar-refractivity contribution in [3.63, 3.8) is 0 Å². The number of halogens is 1. The van der Waals surface area contributed by atoms with Gasteiger partial charge in [0.2, 0.25) is 0 Å². The maximum Gasteiger partial charge on any atom is 0.259 e. The number of rotatable bonds is 6. The fraction of sp³-hybridized carbons (Fsp3) is 0.280. The van der Waals surface area contributed by atoms with Crippen LogP contribution < -0.4 is 5.32 Å². The number of pyridine rings is 1. The fourth-order valence-electron chi connectivity index (χ4n) is 3.86. The minimum Gasteiger partial charge on any atom is -0.364 e. The minimum atomic E-state index is -0.589. The second kappa shape index (κ2) is 8.27. The fourth-order valence-corrected chi connectivity index (χ4v) is 3.86. The summed E-state index contributed by atoms with van der Waals surface area (Å²) in [5.41, 5.74) is 4.57. The number of anilines is 1. The third-order valence-corrected chi connectivity index (χ3v) is 5.82. The summed E-state index contributed by atoms with van der Waals surface area (Å²) in [6, 6.07) is 8.18. The summed E-state index contributed by atoms with van der Waals surface area (Å²) >= 11 is 0. The largest absolute Gasteiger partial charge is 0.364 e. The van der Waals surface area contributed by atoms with Crippen LogP contribution in [0.25, 0.3) is 16.9 Å². The van der Waals surface area contributed by atoms with Gasteiger partial charge in [-0.25, -0.2) is 14.4 Å². The van der Waals surface area contributed by atoms with Crippen molar-refractivity contribution in [3.05, 3.63) is 77.5 Å². The van der Waals surface area contributed by atoms with E-state index in [-0.39, 0.29) is 11.5 Å². The highest BCUT2D eigenvalue weighted by molar-refractivity contribution is 6.04. The van der Waals surface area contributed by atoms with Crippen LogP contribution in [0.2, 0.25) is 0 Å². The number of hydrogen-bond donors (Lipinski definition) is 1. The maximum absolute atomic E-state index is 14.8. The molecule has 0 saturated heterocycles. The molecule has 0 atom stereocenters. The highest BCUT2D eigenvalue weighted by atomic mass is 19.1. The maximum atomic E-state index is 14.8. The first-order chi connectivity index (χ1) is 15.9. The standard InChI is InChI=1S/C25H24FN5O2/c1-14(2)24-18(12-33-30-24)20-5-4-6-23(28-20)29-25(32)17-10-22(15(3)9-19(17)26)31-11-21(27-13-31)16-7-8-16/h4-6,9-14,16H,7-8H2,1-3H3,(H,28,29,32). The number of imidazole rings is 1. The van der Waals surface area contributed by atoms with Crippen molar-refractivity contribution in [2.75, 3.05) is 5.32 Å². The molecule has 0 unspecified atom stereocenters. The molecule has 1 amide bonds. The van der Waals surface area contributed by atoms with E-state index in [1.807, 2.05) is 37.6 Å². The van der Waals surface area contributed by atoms with E-state index in [1.165, 1.54) is 12.3 Å². The van der Waals surface area contributed by atoms with E-state index in [9.17, 15) is 9.18 Å². The Kier molecular flexibility index (Phi) is 5.28. The number of carbonyl (C=O) groups is 1. The van der Waals surface area contributed by atoms with Crippen molar-refractivity contribution < 1.29 is 13.7 Å². The number of aryl methyl sites for hydroxylation is 1. The topological polar surface area (TPSA) is 85.8 Å². The average molecular weight is 445 g/mol. The zero-order valence-electron chi connectivity index (χ0n) is 18.7. The number of hydrogen-bond acceptors (Lipinski definition) is 5. The lowest BCUT2D eigenvalue weighted by atomic mass is 10.0. The quantitative estimate of drug-likeness (QED) is 0.416. The molecule has 0 aliphatic heterocycles. The Morgan fingerprint density at radius 3 is 2.85 bits per heavy atom. The van der Waals surface area contributed by atoms with Gasteiger partial charge < -0.3 is 14.4 Å². The molecule has 1 saturated carbocycles. The first kappa shape index (κ1) is 21.1. The number of nitrogens with one attached hydrogen (secondary N) is 1. The number of amides is 1. The van der Waals surface area contributed by atoms with E-state index in [2.05, 4.69) is 20.4 Å². The minimum absolute atomic E-state index is 0.0580. The molecule has 1 aliphatic rings. The summed E-state index contributed by atoms with van der Waals surface area (Å²) < 4.78 is 21.7. The second-order valence-electron chi connectivity index (χ2n) is 8.73. The predicted octanol–water partition coefficient (Wildman–Crippen LogP) is 5.62. The van der Waals surface area contributed by atoms with Crippen LogP contribution in [-0.2, 0) is 0 Å². The first-order valence-corrected chi connectivity index (χ1v) is 11.0. The van der Waals surface area contributed by atoms with Crippen LogP contribution in [0.4, 0.5) is 10.2 Å². The van der Waals surface area contributed by atoms with Gasteiger partial charge in [0.05, 0.1) is 40.2 Å². The van der Waals surface area contributed by atoms with Crippen molar-refractivity contribution in [3.8, 4) is 16.9 Å². The van der Waals surface area contributed by atoms with E-state index >= 15 is 0 Å². The van der Waals surface area contributed by atoms with Gasteiger partial charge in [-0.1, -0.05) is 25.1 Å². The highest BCUT2D eigenvalue weighted by Crippen LogP contribution is 2.39. The van der Waals surface area contributed by atoms with Crippen molar-refractivity contribution in [2.45, 2.75) is 45.4 Å². The normalized spacial score (nSPS) is 13.5. The Balaban J connectivity index is 1.42. The molecule has 168 valence electrons. The molecule has 8 heteroatoms. The number of nitrogens with zero attached hydrogens (tertiary/aromatic N) is 4. The van der Waals surface area contributed by atoms with Crippen LogP contribution in [0.5, 0.6) is 0 Å². The van der Waals surface area contributed by atoms with Gasteiger partial charge in [-0.15, -0.1) is 0 Å². The van der Waals surface area contributed by atoms with E-state index < -0.39 is 11.7 Å². The molecule has 0 radical (unpaired) electrons. The lowest BCUT2D eigenvalue weighted by Crippen LogP contribution is -2.16. The molecule has 33 heavy (non-hydrogen) atoms. The first-order valence-electron chi connectivity index (χ1n) is 11.0. The SMILES string of the molecule is Cc1cc(F)c(C(=O)Nc2cccc(-c3conc3C(C)C)n2)cc1-n1cnc(C2CC2)c1. The molecule has 1 aliphatic carbocycles. The zero-order chi connectivity index (χ0) is 23.1. The molecule has 1 fully saturated rings. The molecule has 7 nitrogen and oxygen atoms in total. The summed E-state index contributed by atoms with van der Waals surface area (Å²) in [6.45, 7) is 5.84. The van der Waals surface area contributed by atoms with Gasteiger partial charge in [0.25, 0.3) is 5.91 Å². The molecule has 3 heterocycles. The third kappa shape index (κ3) is 4.16. The molecule has 5 rings (SSSR count). The van der Waals surface area contributed by atoms with Crippen LogP contribution in [0.3, 0.4) is 0 Å². The van der Waals surface area contributed by atoms with E-state index in [0.717, 1.165) is 35.4 Å². The Labute approximate surface area is 190 Å². The predicted molar refractivity (Wildman–Crippen MR) is 122 cm³/mol. The van der Waals surface area contributed by atoms with Crippen LogP contribution in [0.15, 0.2) is 53.6 Å². The summed E-state index contributed by atoms with van der Waals surface area (Å²) in [7, 11) is 0. The van der Waals surface area contributed by atoms with E-state index in [0.29, 0.717) is 23.1 Å². The Morgan fingerprint density at radius 2 is 2.09 bits per heavy atom. The molecule has 1 N–H and O–H groups in total. The molecular weight excluding hydrogens is 421 g/mol. The van der Waals surface area contributed by atoms with Crippen LogP contribution in [0, 0.1) is 12.7 Å². The van der Waals surface area contributed by atoms with Crippen LogP contribution in [-0.4, -0.2) is 25.6 Å². The summed E-state index contributed by atoms with van der Waals surface area (Å²) in [4.78, 5) is 22.0.